The minimum atomic E-state index is -1.23. The number of nitrogens with one attached hydrogen (secondary N) is 1. The maximum atomic E-state index is 13.7. The highest BCUT2D eigenvalue weighted by atomic mass is 16.5. The van der Waals surface area contributed by atoms with E-state index < -0.39 is 23.3 Å². The molecule has 0 radical (unpaired) electrons. The number of carbonyl (C=O) groups is 2. The number of carbonyl (C=O) groups excluding carboxylic acids is 2. The van der Waals surface area contributed by atoms with E-state index in [0.29, 0.717) is 31.6 Å². The summed E-state index contributed by atoms with van der Waals surface area (Å²) in [7, 11) is 1.61. The van der Waals surface area contributed by atoms with Gasteiger partial charge in [-0.25, -0.2) is 0 Å². The maximum Gasteiger partial charge on any atom is 0.249 e. The molecule has 0 spiro atoms. The summed E-state index contributed by atoms with van der Waals surface area (Å²) in [5.74, 6) is -0.449. The zero-order valence-corrected chi connectivity index (χ0v) is 24.4. The predicted molar refractivity (Wildman–Crippen MR) is 160 cm³/mol. The van der Waals surface area contributed by atoms with Gasteiger partial charge in [-0.1, -0.05) is 74.0 Å². The van der Waals surface area contributed by atoms with Gasteiger partial charge < -0.3 is 25.8 Å². The molecule has 1 aliphatic rings. The monoisotopic (exact) mass is 547 g/mol. The summed E-state index contributed by atoms with van der Waals surface area (Å²) in [6.45, 7) is 8.13. The zero-order chi connectivity index (χ0) is 29.1. The molecule has 1 unspecified atom stereocenters. The van der Waals surface area contributed by atoms with Gasteiger partial charge in [0.2, 0.25) is 11.8 Å². The Morgan fingerprint density at radius 2 is 1.70 bits per heavy atom. The summed E-state index contributed by atoms with van der Waals surface area (Å²) in [5, 5.41) is 15.0. The SMILES string of the molecule is CCCN(CCC)C(=O)C1=CC(C)=CC(C(N)=O)([C@H](Cc2ccc(OC)cc2)[C@@H](O)CNCc2ccccc2)C1. The predicted octanol–water partition coefficient (Wildman–Crippen LogP) is 4.40. The fraction of sp³-hybridized carbons (Fsp3) is 0.455. The number of nitrogens with two attached hydrogens (primary N) is 1. The van der Waals surface area contributed by atoms with Crippen LogP contribution in [0.2, 0.25) is 0 Å². The molecule has 2 amide bonds. The Kier molecular flexibility index (Phi) is 11.5. The number of benzene rings is 2. The summed E-state index contributed by atoms with van der Waals surface area (Å²) >= 11 is 0. The van der Waals surface area contributed by atoms with Gasteiger partial charge in [0, 0.05) is 37.7 Å². The number of hydrogen-bond acceptors (Lipinski definition) is 5. The van der Waals surface area contributed by atoms with E-state index in [1.807, 2.05) is 92.4 Å². The molecule has 0 fully saturated rings. The van der Waals surface area contributed by atoms with Crippen LogP contribution in [0, 0.1) is 11.3 Å². The summed E-state index contributed by atoms with van der Waals surface area (Å²) < 4.78 is 5.32. The first-order valence-electron chi connectivity index (χ1n) is 14.3. The molecule has 0 bridgehead atoms. The van der Waals surface area contributed by atoms with Gasteiger partial charge in [-0.05, 0) is 55.9 Å². The number of amides is 2. The lowest BCUT2D eigenvalue weighted by atomic mass is 9.63. The van der Waals surface area contributed by atoms with Crippen LogP contribution < -0.4 is 15.8 Å². The summed E-state index contributed by atoms with van der Waals surface area (Å²) in [6.07, 6.45) is 5.08. The molecule has 7 nitrogen and oxygen atoms in total. The molecule has 216 valence electrons. The Labute approximate surface area is 239 Å². The molecule has 1 aliphatic carbocycles. The summed E-state index contributed by atoms with van der Waals surface area (Å²) in [6, 6.07) is 17.6. The van der Waals surface area contributed by atoms with E-state index in [1.165, 1.54) is 0 Å². The quantitative estimate of drug-likeness (QED) is 0.307. The van der Waals surface area contributed by atoms with Crippen LogP contribution in [0.15, 0.2) is 77.9 Å². The number of aliphatic hydroxyl groups is 1. The molecular weight excluding hydrogens is 502 g/mol. The first kappa shape index (κ1) is 31.1. The number of rotatable bonds is 15. The number of nitrogens with zero attached hydrogens (tertiary/aromatic N) is 1. The van der Waals surface area contributed by atoms with Crippen LogP contribution in [0.3, 0.4) is 0 Å². The molecule has 0 heterocycles. The van der Waals surface area contributed by atoms with Crippen LogP contribution >= 0.6 is 0 Å². The Morgan fingerprint density at radius 3 is 2.27 bits per heavy atom. The minimum absolute atomic E-state index is 0.0679. The van der Waals surface area contributed by atoms with Crippen molar-refractivity contribution < 1.29 is 19.4 Å². The largest absolute Gasteiger partial charge is 0.497 e. The lowest BCUT2D eigenvalue weighted by molar-refractivity contribution is -0.132. The van der Waals surface area contributed by atoms with Crippen LogP contribution in [0.5, 0.6) is 5.75 Å². The Hall–Kier alpha value is -3.42. The number of methoxy groups -OCH3 is 1. The van der Waals surface area contributed by atoms with E-state index in [4.69, 9.17) is 10.5 Å². The van der Waals surface area contributed by atoms with Gasteiger partial charge in [-0.2, -0.15) is 0 Å². The molecule has 0 saturated heterocycles. The van der Waals surface area contributed by atoms with E-state index in [2.05, 4.69) is 5.32 Å². The van der Waals surface area contributed by atoms with Gasteiger partial charge >= 0.3 is 0 Å². The Balaban J connectivity index is 1.96. The zero-order valence-electron chi connectivity index (χ0n) is 24.4. The van der Waals surface area contributed by atoms with E-state index in [0.717, 1.165) is 35.3 Å². The highest BCUT2D eigenvalue weighted by molar-refractivity contribution is 5.96. The molecular formula is C33H45N3O4. The van der Waals surface area contributed by atoms with Crippen molar-refractivity contribution in [2.24, 2.45) is 17.1 Å². The molecule has 4 N–H and O–H groups in total. The van der Waals surface area contributed by atoms with Gasteiger partial charge in [0.1, 0.15) is 5.75 Å². The third-order valence-corrected chi connectivity index (χ3v) is 7.64. The molecule has 7 heteroatoms. The van der Waals surface area contributed by atoms with Crippen LogP contribution in [0.1, 0.15) is 51.2 Å². The molecule has 0 aromatic heterocycles. The van der Waals surface area contributed by atoms with Gasteiger partial charge in [0.15, 0.2) is 0 Å². The van der Waals surface area contributed by atoms with Crippen molar-refractivity contribution in [1.82, 2.24) is 10.2 Å². The number of allylic oxidation sites excluding steroid dienone is 2. The standard InChI is InChI=1S/C33H45N3O4/c1-5-16-36(17-6-2)31(38)27-18-24(3)20-33(21-27,32(34)39)29(19-25-12-14-28(40-4)15-13-25)30(37)23-35-22-26-10-8-7-9-11-26/h7-15,18,20,29-30,35,37H,5-6,16-17,19,21-23H2,1-4H3,(H2,34,39)/t29-,30+,33?/m1/s1. The number of aliphatic hydroxyl groups excluding tert-OH is 1. The molecule has 0 aliphatic heterocycles. The van der Waals surface area contributed by atoms with Gasteiger partial charge in [0.25, 0.3) is 0 Å². The van der Waals surface area contributed by atoms with Crippen molar-refractivity contribution in [2.45, 2.75) is 59.1 Å². The second-order valence-corrected chi connectivity index (χ2v) is 10.8. The fourth-order valence-electron chi connectivity index (χ4n) is 5.69. The normalized spacial score (nSPS) is 18.3. The van der Waals surface area contributed by atoms with E-state index in [1.54, 1.807) is 7.11 Å². The second-order valence-electron chi connectivity index (χ2n) is 10.8. The van der Waals surface area contributed by atoms with Crippen LogP contribution in [-0.2, 0) is 22.6 Å². The third kappa shape index (κ3) is 7.83. The van der Waals surface area contributed by atoms with Crippen LogP contribution in [-0.4, -0.2) is 54.7 Å². The highest BCUT2D eigenvalue weighted by Crippen LogP contribution is 2.44. The van der Waals surface area contributed by atoms with Gasteiger partial charge in [-0.3, -0.25) is 9.59 Å². The van der Waals surface area contributed by atoms with Crippen LogP contribution in [0.25, 0.3) is 0 Å². The summed E-state index contributed by atoms with van der Waals surface area (Å²) in [4.78, 5) is 28.9. The average Bonchev–Trinajstić information content (AvgIpc) is 2.95. The van der Waals surface area contributed by atoms with Crippen molar-refractivity contribution >= 4 is 11.8 Å². The van der Waals surface area contributed by atoms with E-state index in [9.17, 15) is 14.7 Å². The van der Waals surface area contributed by atoms with Gasteiger partial charge in [0.05, 0.1) is 18.6 Å². The highest BCUT2D eigenvalue weighted by Gasteiger charge is 2.48. The number of ether oxygens (including phenoxy) is 1. The molecule has 2 aromatic carbocycles. The molecule has 3 rings (SSSR count). The molecule has 0 saturated carbocycles. The lowest BCUT2D eigenvalue weighted by Gasteiger charge is -2.42. The Bertz CT molecular complexity index is 1170. The minimum Gasteiger partial charge on any atom is -0.497 e. The molecule has 40 heavy (non-hydrogen) atoms. The van der Waals surface area contributed by atoms with E-state index in [-0.39, 0.29) is 18.9 Å². The van der Waals surface area contributed by atoms with Crippen LogP contribution in [0.4, 0.5) is 0 Å². The topological polar surface area (TPSA) is 105 Å². The fourth-order valence-corrected chi connectivity index (χ4v) is 5.69. The summed E-state index contributed by atoms with van der Waals surface area (Å²) in [5.41, 5.74) is 8.36. The number of hydrogen-bond donors (Lipinski definition) is 3. The molecule has 2 aromatic rings. The van der Waals surface area contributed by atoms with Crippen molar-refractivity contribution in [3.05, 3.63) is 89.0 Å². The average molecular weight is 548 g/mol. The first-order chi connectivity index (χ1) is 19.2. The van der Waals surface area contributed by atoms with Crippen molar-refractivity contribution in [1.29, 1.82) is 0 Å². The Morgan fingerprint density at radius 1 is 1.05 bits per heavy atom. The van der Waals surface area contributed by atoms with Crippen molar-refractivity contribution in [3.63, 3.8) is 0 Å². The van der Waals surface area contributed by atoms with E-state index >= 15 is 0 Å². The maximum absolute atomic E-state index is 13.7. The van der Waals surface area contributed by atoms with Crippen molar-refractivity contribution in [2.75, 3.05) is 26.7 Å². The molecule has 3 atom stereocenters. The smallest absolute Gasteiger partial charge is 0.249 e. The van der Waals surface area contributed by atoms with Crippen molar-refractivity contribution in [3.8, 4) is 5.75 Å². The van der Waals surface area contributed by atoms with Gasteiger partial charge in [-0.15, -0.1) is 0 Å². The number of primary amides is 1. The third-order valence-electron chi connectivity index (χ3n) is 7.64. The lowest BCUT2D eigenvalue weighted by Crippen LogP contribution is -2.51. The first-order valence-corrected chi connectivity index (χ1v) is 14.3. The second kappa shape index (κ2) is 14.8.